The number of halogens is 5. The normalized spacial score (nSPS) is 21.1. The number of alkyl halides is 3. The monoisotopic (exact) mass is 739 g/mol. The zero-order valence-electron chi connectivity index (χ0n) is 26.4. The number of amides is 2. The number of carbonyl (C=O) groups is 1. The number of carbonyl (C=O) groups excluding carboxylic acids is 1. The number of aliphatic imine (C=N–C) groups is 1. The van der Waals surface area contributed by atoms with Crippen LogP contribution in [0.2, 0.25) is 10.0 Å². The van der Waals surface area contributed by atoms with Crippen LogP contribution in [0.25, 0.3) is 0 Å². The Balaban J connectivity index is 1.41. The Morgan fingerprint density at radius 3 is 2.02 bits per heavy atom. The van der Waals surface area contributed by atoms with E-state index in [4.69, 9.17) is 37.7 Å². The highest BCUT2D eigenvalue weighted by Crippen LogP contribution is 2.46. The summed E-state index contributed by atoms with van der Waals surface area (Å²) >= 11 is 12.5. The van der Waals surface area contributed by atoms with E-state index in [1.807, 2.05) is 0 Å². The summed E-state index contributed by atoms with van der Waals surface area (Å²) in [4.78, 5) is 22.8. The average molecular weight is 741 g/mol. The molecule has 0 radical (unpaired) electrons. The van der Waals surface area contributed by atoms with Gasteiger partial charge in [0.2, 0.25) is 0 Å². The van der Waals surface area contributed by atoms with Crippen LogP contribution in [0.1, 0.15) is 41.3 Å². The number of hydrogen-bond acceptors (Lipinski definition) is 6. The predicted octanol–water partition coefficient (Wildman–Crippen LogP) is 6.27. The number of hydrogen-bond donors (Lipinski definition) is 0. The Kier molecular flexibility index (Phi) is 10.4. The van der Waals surface area contributed by atoms with E-state index < -0.39 is 40.1 Å². The number of ether oxygens (including phenoxy) is 2. The second kappa shape index (κ2) is 14.4. The van der Waals surface area contributed by atoms with Crippen LogP contribution in [0.5, 0.6) is 5.75 Å². The van der Waals surface area contributed by atoms with Gasteiger partial charge in [0.05, 0.1) is 37.0 Å². The maximum atomic E-state index is 14.7. The van der Waals surface area contributed by atoms with Gasteiger partial charge in [-0.1, -0.05) is 47.5 Å². The molecule has 0 N–H and O–H groups in total. The van der Waals surface area contributed by atoms with Crippen molar-refractivity contribution in [2.75, 3.05) is 59.1 Å². The van der Waals surface area contributed by atoms with Crippen molar-refractivity contribution in [3.8, 4) is 5.75 Å². The van der Waals surface area contributed by atoms with Gasteiger partial charge in [0, 0.05) is 49.3 Å². The molecule has 3 heterocycles. The highest BCUT2D eigenvalue weighted by molar-refractivity contribution is 7.86. The summed E-state index contributed by atoms with van der Waals surface area (Å²) in [6.45, 7) is 3.11. The maximum absolute atomic E-state index is 14.7. The SMILES string of the molecule is CCOc1cc(C(F)(F)F)ccc1C1=NC(c2ccc(Cl)cc2)C(c2ccc(Cl)cc2)N1C(=O)N1CCN(S(=O)(=O)N2CCOCC2)CC1. The van der Waals surface area contributed by atoms with Gasteiger partial charge in [0.25, 0.3) is 10.2 Å². The summed E-state index contributed by atoms with van der Waals surface area (Å²) < 4.78 is 81.9. The van der Waals surface area contributed by atoms with Gasteiger partial charge in [0.1, 0.15) is 17.6 Å². The van der Waals surface area contributed by atoms with E-state index in [0.29, 0.717) is 34.4 Å². The molecule has 2 unspecified atom stereocenters. The fourth-order valence-corrected chi connectivity index (χ4v) is 8.03. The van der Waals surface area contributed by atoms with Crippen molar-refractivity contribution in [2.24, 2.45) is 4.99 Å². The number of piperazine rings is 1. The standard InChI is InChI=1S/C33H34Cl2F3N5O5S/c1-2-48-28-21-24(33(36,37)38)7-12-27(28)31-39-29(22-3-8-25(34)9-4-22)30(23-5-10-26(35)11-6-23)43(31)32(44)40-13-15-41(16-14-40)49(45,46)42-17-19-47-20-18-42/h3-12,21,29-30H,2,13-20H2,1H3. The van der Waals surface area contributed by atoms with Gasteiger partial charge in [0.15, 0.2) is 0 Å². The van der Waals surface area contributed by atoms with Crippen LogP contribution in [0.15, 0.2) is 71.7 Å². The van der Waals surface area contributed by atoms with Gasteiger partial charge in [-0.05, 0) is 60.5 Å². The minimum absolute atomic E-state index is 0.0580. The lowest BCUT2D eigenvalue weighted by Crippen LogP contribution is -2.58. The first-order valence-corrected chi connectivity index (χ1v) is 17.9. The first-order valence-electron chi connectivity index (χ1n) is 15.7. The first-order chi connectivity index (χ1) is 23.4. The number of nitrogens with zero attached hydrogens (tertiary/aromatic N) is 5. The summed E-state index contributed by atoms with van der Waals surface area (Å²) in [5, 5.41) is 0.968. The molecule has 2 amide bonds. The van der Waals surface area contributed by atoms with Crippen molar-refractivity contribution in [1.29, 1.82) is 0 Å². The smallest absolute Gasteiger partial charge is 0.416 e. The molecular weight excluding hydrogens is 706 g/mol. The lowest BCUT2D eigenvalue weighted by Gasteiger charge is -2.40. The highest BCUT2D eigenvalue weighted by atomic mass is 35.5. The Morgan fingerprint density at radius 1 is 0.878 bits per heavy atom. The maximum Gasteiger partial charge on any atom is 0.416 e. The summed E-state index contributed by atoms with van der Waals surface area (Å²) in [7, 11) is -3.76. The van der Waals surface area contributed by atoms with Crippen molar-refractivity contribution in [3.63, 3.8) is 0 Å². The zero-order valence-corrected chi connectivity index (χ0v) is 28.8. The fourth-order valence-electron chi connectivity index (χ4n) is 6.22. The number of benzene rings is 3. The van der Waals surface area contributed by atoms with Crippen LogP contribution in [-0.2, 0) is 21.1 Å². The van der Waals surface area contributed by atoms with Crippen LogP contribution in [0.3, 0.4) is 0 Å². The minimum Gasteiger partial charge on any atom is -0.493 e. The van der Waals surface area contributed by atoms with Gasteiger partial charge < -0.3 is 14.4 Å². The lowest BCUT2D eigenvalue weighted by molar-refractivity contribution is -0.137. The van der Waals surface area contributed by atoms with Crippen LogP contribution in [-0.4, -0.2) is 97.8 Å². The number of amidine groups is 1. The molecule has 10 nitrogen and oxygen atoms in total. The molecule has 0 aliphatic carbocycles. The van der Waals surface area contributed by atoms with Crippen LogP contribution < -0.4 is 4.74 Å². The molecule has 3 aliphatic heterocycles. The number of morpholine rings is 1. The Bertz CT molecular complexity index is 1800. The molecule has 3 aliphatic rings. The van der Waals surface area contributed by atoms with E-state index in [1.54, 1.807) is 60.4 Å². The molecule has 3 aromatic rings. The van der Waals surface area contributed by atoms with Crippen LogP contribution >= 0.6 is 23.2 Å². The van der Waals surface area contributed by atoms with Gasteiger partial charge >= 0.3 is 12.2 Å². The average Bonchev–Trinajstić information content (AvgIpc) is 3.49. The quantitative estimate of drug-likeness (QED) is 0.285. The Morgan fingerprint density at radius 2 is 1.45 bits per heavy atom. The molecule has 16 heteroatoms. The molecule has 2 atom stereocenters. The third kappa shape index (κ3) is 7.40. The molecule has 0 saturated carbocycles. The fraction of sp³-hybridized carbons (Fsp3) is 0.394. The van der Waals surface area contributed by atoms with Gasteiger partial charge in [-0.25, -0.2) is 4.79 Å². The van der Waals surface area contributed by atoms with E-state index in [9.17, 15) is 26.4 Å². The van der Waals surface area contributed by atoms with Crippen molar-refractivity contribution in [2.45, 2.75) is 25.2 Å². The van der Waals surface area contributed by atoms with E-state index in [-0.39, 0.29) is 63.0 Å². The molecule has 0 bridgehead atoms. The van der Waals surface area contributed by atoms with E-state index in [1.165, 1.54) is 19.6 Å². The third-order valence-electron chi connectivity index (χ3n) is 8.68. The molecule has 3 aromatic carbocycles. The second-order valence-electron chi connectivity index (χ2n) is 11.6. The van der Waals surface area contributed by atoms with Crippen LogP contribution in [0.4, 0.5) is 18.0 Å². The molecule has 2 fully saturated rings. The molecule has 0 spiro atoms. The largest absolute Gasteiger partial charge is 0.493 e. The summed E-state index contributed by atoms with van der Waals surface area (Å²) in [5.41, 5.74) is 0.683. The minimum atomic E-state index is -4.63. The van der Waals surface area contributed by atoms with E-state index in [2.05, 4.69) is 0 Å². The molecule has 6 rings (SSSR count). The third-order valence-corrected chi connectivity index (χ3v) is 11.2. The highest BCUT2D eigenvalue weighted by Gasteiger charge is 2.46. The van der Waals surface area contributed by atoms with Gasteiger partial charge in [-0.3, -0.25) is 9.89 Å². The summed E-state index contributed by atoms with van der Waals surface area (Å²) in [6, 6.07) is 15.1. The van der Waals surface area contributed by atoms with Crippen molar-refractivity contribution in [3.05, 3.63) is 99.0 Å². The topological polar surface area (TPSA) is 95.0 Å². The summed E-state index contributed by atoms with van der Waals surface area (Å²) in [6.07, 6.45) is -4.63. The molecule has 0 aromatic heterocycles. The Labute approximate surface area is 292 Å². The lowest BCUT2D eigenvalue weighted by atomic mass is 9.93. The van der Waals surface area contributed by atoms with Crippen LogP contribution in [0, 0.1) is 0 Å². The number of urea groups is 1. The predicted molar refractivity (Wildman–Crippen MR) is 179 cm³/mol. The van der Waals surface area contributed by atoms with E-state index in [0.717, 1.165) is 12.1 Å². The molecule has 262 valence electrons. The first kappa shape index (κ1) is 35.4. The van der Waals surface area contributed by atoms with Crippen molar-refractivity contribution in [1.82, 2.24) is 18.4 Å². The molecular formula is C33H34Cl2F3N5O5S. The number of rotatable bonds is 7. The van der Waals surface area contributed by atoms with Crippen molar-refractivity contribution >= 4 is 45.3 Å². The zero-order chi connectivity index (χ0) is 34.9. The molecule has 49 heavy (non-hydrogen) atoms. The Hall–Kier alpha value is -3.40. The second-order valence-corrected chi connectivity index (χ2v) is 14.4. The van der Waals surface area contributed by atoms with Gasteiger partial charge in [-0.2, -0.15) is 30.2 Å². The summed E-state index contributed by atoms with van der Waals surface area (Å²) in [5.74, 6) is 0.0346. The van der Waals surface area contributed by atoms with E-state index >= 15 is 0 Å². The van der Waals surface area contributed by atoms with Gasteiger partial charge in [-0.15, -0.1) is 0 Å². The molecule has 2 saturated heterocycles. The van der Waals surface area contributed by atoms with Crippen molar-refractivity contribution < 1.29 is 35.9 Å².